The predicted molar refractivity (Wildman–Crippen MR) is 72.2 cm³/mol. The Kier molecular flexibility index (Phi) is 4.82. The fraction of sp³-hybridized carbons (Fsp3) is 0.133. The van der Waals surface area contributed by atoms with Crippen LogP contribution in [0.3, 0.4) is 0 Å². The van der Waals surface area contributed by atoms with Gasteiger partial charge in [-0.3, -0.25) is 0 Å². The highest BCUT2D eigenvalue weighted by Gasteiger charge is 2.34. The smallest absolute Gasteiger partial charge is 0.478 e. The van der Waals surface area contributed by atoms with Crippen LogP contribution in [0, 0.1) is 0 Å². The van der Waals surface area contributed by atoms with Crippen molar-refractivity contribution in [3.63, 3.8) is 0 Å². The number of carboxylic acid groups (broad SMARTS) is 1. The van der Waals surface area contributed by atoms with Gasteiger partial charge in [-0.1, -0.05) is 24.3 Å². The largest absolute Gasteiger partial charge is 0.573 e. The van der Waals surface area contributed by atoms with Gasteiger partial charge in [-0.25, -0.2) is 4.79 Å². The van der Waals surface area contributed by atoms with Gasteiger partial charge in [0.25, 0.3) is 0 Å². The molecule has 134 valence electrons. The predicted octanol–water partition coefficient (Wildman–Crippen LogP) is 4.85. The molecule has 0 aliphatic heterocycles. The lowest BCUT2D eigenvalue weighted by molar-refractivity contribution is -0.275. The number of ether oxygens (including phenoxy) is 2. The Labute approximate surface area is 136 Å². The first-order chi connectivity index (χ1) is 11.5. The molecule has 0 atom stereocenters. The summed E-state index contributed by atoms with van der Waals surface area (Å²) in [4.78, 5) is 11.1. The molecule has 1 N–H and O–H groups in total. The summed E-state index contributed by atoms with van der Waals surface area (Å²) in [5.74, 6) is -3.36. The molecule has 10 heteroatoms. The Hall–Kier alpha value is -2.91. The Bertz CT molecular complexity index is 782. The minimum Gasteiger partial charge on any atom is -0.478 e. The fourth-order valence-corrected chi connectivity index (χ4v) is 2.00. The lowest BCUT2D eigenvalue weighted by Crippen LogP contribution is -2.19. The van der Waals surface area contributed by atoms with Crippen molar-refractivity contribution in [2.24, 2.45) is 0 Å². The van der Waals surface area contributed by atoms with Crippen LogP contribution in [-0.4, -0.2) is 23.8 Å². The van der Waals surface area contributed by atoms with Gasteiger partial charge in [0.1, 0.15) is 17.1 Å². The summed E-state index contributed by atoms with van der Waals surface area (Å²) in [7, 11) is 0. The van der Waals surface area contributed by atoms with Crippen LogP contribution in [0.4, 0.5) is 26.3 Å². The van der Waals surface area contributed by atoms with Crippen molar-refractivity contribution >= 4 is 5.97 Å². The van der Waals surface area contributed by atoms with Crippen LogP contribution in [-0.2, 0) is 0 Å². The average Bonchev–Trinajstić information content (AvgIpc) is 2.45. The highest BCUT2D eigenvalue weighted by atomic mass is 19.4. The van der Waals surface area contributed by atoms with Gasteiger partial charge in [0.2, 0.25) is 0 Å². The summed E-state index contributed by atoms with van der Waals surface area (Å²) in [6, 6.07) is 7.27. The molecule has 0 heterocycles. The zero-order chi connectivity index (χ0) is 18.8. The average molecular weight is 366 g/mol. The number of benzene rings is 2. The number of hydrogen-bond acceptors (Lipinski definition) is 3. The van der Waals surface area contributed by atoms with Crippen molar-refractivity contribution in [3.05, 3.63) is 48.0 Å². The van der Waals surface area contributed by atoms with Crippen molar-refractivity contribution in [1.29, 1.82) is 0 Å². The molecule has 2 rings (SSSR count). The molecule has 0 radical (unpaired) electrons. The molecule has 0 aliphatic rings. The zero-order valence-electron chi connectivity index (χ0n) is 12.0. The monoisotopic (exact) mass is 366 g/mol. The summed E-state index contributed by atoms with van der Waals surface area (Å²) in [6.07, 6.45) is -10.1. The molecular formula is C15H8F6O4. The number of aromatic carboxylic acids is 1. The highest BCUT2D eigenvalue weighted by Crippen LogP contribution is 2.36. The number of carboxylic acids is 1. The first kappa shape index (κ1) is 18.4. The van der Waals surface area contributed by atoms with Crippen molar-refractivity contribution in [3.8, 4) is 22.6 Å². The highest BCUT2D eigenvalue weighted by molar-refractivity contribution is 5.93. The van der Waals surface area contributed by atoms with Crippen molar-refractivity contribution in [2.45, 2.75) is 12.7 Å². The molecule has 0 unspecified atom stereocenters. The minimum atomic E-state index is -5.12. The summed E-state index contributed by atoms with van der Waals surface area (Å²) >= 11 is 0. The Morgan fingerprint density at radius 2 is 1.40 bits per heavy atom. The molecule has 2 aromatic carbocycles. The van der Waals surface area contributed by atoms with E-state index in [0.29, 0.717) is 6.07 Å². The van der Waals surface area contributed by atoms with Crippen LogP contribution in [0.1, 0.15) is 10.4 Å². The topological polar surface area (TPSA) is 55.8 Å². The number of rotatable bonds is 4. The lowest BCUT2D eigenvalue weighted by Gasteiger charge is -2.15. The third kappa shape index (κ3) is 5.03. The second-order valence-electron chi connectivity index (χ2n) is 4.61. The van der Waals surface area contributed by atoms with E-state index in [4.69, 9.17) is 5.11 Å². The van der Waals surface area contributed by atoms with Crippen LogP contribution in [0.2, 0.25) is 0 Å². The van der Waals surface area contributed by atoms with Gasteiger partial charge in [-0.05, 0) is 23.8 Å². The third-order valence-electron chi connectivity index (χ3n) is 2.86. The maximum absolute atomic E-state index is 12.4. The summed E-state index contributed by atoms with van der Waals surface area (Å²) in [5.41, 5.74) is -1.11. The molecule has 25 heavy (non-hydrogen) atoms. The van der Waals surface area contributed by atoms with Crippen molar-refractivity contribution in [1.82, 2.24) is 0 Å². The van der Waals surface area contributed by atoms with Crippen LogP contribution < -0.4 is 9.47 Å². The number of hydrogen-bond donors (Lipinski definition) is 1. The van der Waals surface area contributed by atoms with Crippen LogP contribution in [0.25, 0.3) is 11.1 Å². The van der Waals surface area contributed by atoms with Crippen molar-refractivity contribution < 1.29 is 45.7 Å². The SMILES string of the molecule is O=C(O)c1cc(-c2ccccc2OC(F)(F)F)ccc1OC(F)(F)F. The normalized spacial score (nSPS) is 11.9. The van der Waals surface area contributed by atoms with Crippen LogP contribution in [0.15, 0.2) is 42.5 Å². The first-order valence-electron chi connectivity index (χ1n) is 6.44. The van der Waals surface area contributed by atoms with Crippen LogP contribution in [0.5, 0.6) is 11.5 Å². The second kappa shape index (κ2) is 6.54. The van der Waals surface area contributed by atoms with E-state index in [-0.39, 0.29) is 11.1 Å². The van der Waals surface area contributed by atoms with E-state index in [0.717, 1.165) is 18.2 Å². The van der Waals surface area contributed by atoms with Gasteiger partial charge >= 0.3 is 18.7 Å². The minimum absolute atomic E-state index is 0.0909. The molecule has 0 amide bonds. The molecule has 0 spiro atoms. The number of halogens is 6. The van der Waals surface area contributed by atoms with Crippen LogP contribution >= 0.6 is 0 Å². The Morgan fingerprint density at radius 3 is 1.96 bits per heavy atom. The van der Waals surface area contributed by atoms with Gasteiger partial charge in [-0.2, -0.15) is 0 Å². The van der Waals surface area contributed by atoms with Gasteiger partial charge in [0.15, 0.2) is 0 Å². The van der Waals surface area contributed by atoms with Gasteiger partial charge in [-0.15, -0.1) is 26.3 Å². The maximum atomic E-state index is 12.4. The number of para-hydroxylation sites is 1. The first-order valence-corrected chi connectivity index (χ1v) is 6.44. The quantitative estimate of drug-likeness (QED) is 0.786. The van der Waals surface area contributed by atoms with E-state index in [9.17, 15) is 31.1 Å². The lowest BCUT2D eigenvalue weighted by atomic mass is 10.0. The van der Waals surface area contributed by atoms with Gasteiger partial charge in [0.05, 0.1) is 0 Å². The van der Waals surface area contributed by atoms with E-state index >= 15 is 0 Å². The maximum Gasteiger partial charge on any atom is 0.573 e. The van der Waals surface area contributed by atoms with E-state index in [1.54, 1.807) is 0 Å². The summed E-state index contributed by atoms with van der Waals surface area (Å²) < 4.78 is 81.6. The van der Waals surface area contributed by atoms with E-state index < -0.39 is 35.8 Å². The van der Waals surface area contributed by atoms with E-state index in [1.165, 1.54) is 18.2 Å². The molecule has 4 nitrogen and oxygen atoms in total. The Morgan fingerprint density at radius 1 is 0.840 bits per heavy atom. The molecule has 0 aliphatic carbocycles. The third-order valence-corrected chi connectivity index (χ3v) is 2.86. The molecule has 0 saturated heterocycles. The Balaban J connectivity index is 2.51. The zero-order valence-corrected chi connectivity index (χ0v) is 12.0. The van der Waals surface area contributed by atoms with Gasteiger partial charge < -0.3 is 14.6 Å². The second-order valence-corrected chi connectivity index (χ2v) is 4.61. The molecular weight excluding hydrogens is 358 g/mol. The standard InChI is InChI=1S/C15H8F6O4/c16-14(17,18)24-11-4-2-1-3-9(11)8-5-6-12(25-15(19,20)21)10(7-8)13(22)23/h1-7H,(H,22,23). The molecule has 0 fully saturated rings. The van der Waals surface area contributed by atoms with Gasteiger partial charge in [0, 0.05) is 5.56 Å². The van der Waals surface area contributed by atoms with E-state index in [2.05, 4.69) is 9.47 Å². The molecule has 0 bridgehead atoms. The molecule has 0 aromatic heterocycles. The fourth-order valence-electron chi connectivity index (χ4n) is 2.00. The summed E-state index contributed by atoms with van der Waals surface area (Å²) in [5, 5.41) is 9.03. The van der Waals surface area contributed by atoms with E-state index in [1.807, 2.05) is 0 Å². The number of carbonyl (C=O) groups is 1. The summed E-state index contributed by atoms with van der Waals surface area (Å²) in [6.45, 7) is 0. The molecule has 0 saturated carbocycles. The molecule has 2 aromatic rings. The van der Waals surface area contributed by atoms with Crippen molar-refractivity contribution in [2.75, 3.05) is 0 Å². The number of alkyl halides is 6.